The Hall–Kier alpha value is -1.81. The molecule has 0 bridgehead atoms. The molecular formula is C14H17NO3. The van der Waals surface area contributed by atoms with Gasteiger partial charge in [-0.1, -0.05) is 6.07 Å². The van der Waals surface area contributed by atoms with Gasteiger partial charge in [0.25, 0.3) is 0 Å². The fourth-order valence-corrected chi connectivity index (χ4v) is 1.68. The first-order valence-electron chi connectivity index (χ1n) is 5.86. The average molecular weight is 247 g/mol. The molecule has 2 rings (SSSR count). The molecule has 0 spiro atoms. The maximum Gasteiger partial charge on any atom is 0.371 e. The zero-order valence-electron chi connectivity index (χ0n) is 10.8. The first-order valence-corrected chi connectivity index (χ1v) is 5.86. The molecule has 0 unspecified atom stereocenters. The summed E-state index contributed by atoms with van der Waals surface area (Å²) in [5, 5.41) is 13.1. The van der Waals surface area contributed by atoms with E-state index in [0.717, 1.165) is 17.5 Å². The van der Waals surface area contributed by atoms with E-state index < -0.39 is 5.97 Å². The number of nitrogens with one attached hydrogen (secondary N) is 1. The summed E-state index contributed by atoms with van der Waals surface area (Å²) in [6.45, 7) is 7.05. The lowest BCUT2D eigenvalue weighted by atomic mass is 10.1. The van der Waals surface area contributed by atoms with Gasteiger partial charge in [-0.25, -0.2) is 4.79 Å². The van der Waals surface area contributed by atoms with Crippen molar-refractivity contribution in [3.63, 3.8) is 0 Å². The van der Waals surface area contributed by atoms with Gasteiger partial charge in [-0.2, -0.15) is 0 Å². The Labute approximate surface area is 106 Å². The van der Waals surface area contributed by atoms with E-state index in [-0.39, 0.29) is 11.3 Å². The fourth-order valence-electron chi connectivity index (χ4n) is 1.68. The second kappa shape index (κ2) is 4.46. The smallest absolute Gasteiger partial charge is 0.371 e. The van der Waals surface area contributed by atoms with Crippen LogP contribution >= 0.6 is 0 Å². The summed E-state index contributed by atoms with van der Waals surface area (Å²) in [7, 11) is 0. The average Bonchev–Trinajstić information content (AvgIpc) is 2.68. The number of rotatable bonds is 3. The SMILES string of the molecule is CC(C)(C)NCc1ccc2oc(C(=O)O)cc2c1. The van der Waals surface area contributed by atoms with Crippen LogP contribution in [0.2, 0.25) is 0 Å². The molecule has 0 aliphatic heterocycles. The number of hydrogen-bond donors (Lipinski definition) is 2. The number of benzene rings is 1. The van der Waals surface area contributed by atoms with Crippen molar-refractivity contribution >= 4 is 16.9 Å². The second-order valence-electron chi connectivity index (χ2n) is 5.39. The predicted octanol–water partition coefficient (Wildman–Crippen LogP) is 3.02. The molecule has 0 saturated carbocycles. The van der Waals surface area contributed by atoms with Gasteiger partial charge in [0.2, 0.25) is 5.76 Å². The molecule has 4 heteroatoms. The summed E-state index contributed by atoms with van der Waals surface area (Å²) in [6.07, 6.45) is 0. The highest BCUT2D eigenvalue weighted by molar-refractivity contribution is 5.91. The van der Waals surface area contributed by atoms with E-state index in [4.69, 9.17) is 9.52 Å². The Balaban J connectivity index is 2.24. The van der Waals surface area contributed by atoms with Crippen LogP contribution in [-0.4, -0.2) is 16.6 Å². The lowest BCUT2D eigenvalue weighted by Crippen LogP contribution is -2.35. The molecule has 2 aromatic rings. The second-order valence-corrected chi connectivity index (χ2v) is 5.39. The maximum absolute atomic E-state index is 10.8. The van der Waals surface area contributed by atoms with E-state index in [1.165, 1.54) is 0 Å². The van der Waals surface area contributed by atoms with Gasteiger partial charge < -0.3 is 14.8 Å². The van der Waals surface area contributed by atoms with Crippen LogP contribution in [0.5, 0.6) is 0 Å². The Morgan fingerprint density at radius 3 is 2.67 bits per heavy atom. The van der Waals surface area contributed by atoms with E-state index >= 15 is 0 Å². The molecule has 0 radical (unpaired) electrons. The van der Waals surface area contributed by atoms with Crippen LogP contribution in [-0.2, 0) is 6.54 Å². The molecule has 2 N–H and O–H groups in total. The Bertz CT molecular complexity index is 578. The molecule has 0 fully saturated rings. The summed E-state index contributed by atoms with van der Waals surface area (Å²) in [5.41, 5.74) is 1.76. The molecule has 0 aliphatic rings. The summed E-state index contributed by atoms with van der Waals surface area (Å²) in [6, 6.07) is 7.25. The molecule has 1 aromatic carbocycles. The molecule has 0 saturated heterocycles. The lowest BCUT2D eigenvalue weighted by Gasteiger charge is -2.20. The van der Waals surface area contributed by atoms with Crippen LogP contribution in [0, 0.1) is 0 Å². The highest BCUT2D eigenvalue weighted by Crippen LogP contribution is 2.21. The summed E-state index contributed by atoms with van der Waals surface area (Å²) in [5.74, 6) is -1.06. The van der Waals surface area contributed by atoms with E-state index in [0.29, 0.717) is 5.58 Å². The van der Waals surface area contributed by atoms with Crippen molar-refractivity contribution in [1.82, 2.24) is 5.32 Å². The van der Waals surface area contributed by atoms with Crippen molar-refractivity contribution in [2.24, 2.45) is 0 Å². The summed E-state index contributed by atoms with van der Waals surface area (Å²) >= 11 is 0. The van der Waals surface area contributed by atoms with Gasteiger partial charge in [-0.3, -0.25) is 0 Å². The number of aromatic carboxylic acids is 1. The van der Waals surface area contributed by atoms with Crippen LogP contribution in [0.15, 0.2) is 28.7 Å². The quantitative estimate of drug-likeness (QED) is 0.875. The third kappa shape index (κ3) is 2.90. The highest BCUT2D eigenvalue weighted by atomic mass is 16.4. The topological polar surface area (TPSA) is 62.5 Å². The van der Waals surface area contributed by atoms with Gasteiger partial charge in [0.05, 0.1) is 0 Å². The van der Waals surface area contributed by atoms with Gasteiger partial charge >= 0.3 is 5.97 Å². The minimum Gasteiger partial charge on any atom is -0.475 e. The minimum absolute atomic E-state index is 0.0223. The molecule has 96 valence electrons. The zero-order valence-corrected chi connectivity index (χ0v) is 10.8. The molecule has 4 nitrogen and oxygen atoms in total. The normalized spacial score (nSPS) is 11.9. The van der Waals surface area contributed by atoms with Crippen molar-refractivity contribution in [2.45, 2.75) is 32.9 Å². The molecule has 0 aliphatic carbocycles. The lowest BCUT2D eigenvalue weighted by molar-refractivity contribution is 0.0665. The number of carbonyl (C=O) groups is 1. The monoisotopic (exact) mass is 247 g/mol. The summed E-state index contributed by atoms with van der Waals surface area (Å²) in [4.78, 5) is 10.8. The van der Waals surface area contributed by atoms with E-state index in [1.807, 2.05) is 12.1 Å². The first-order chi connectivity index (χ1) is 8.35. The van der Waals surface area contributed by atoms with E-state index in [2.05, 4.69) is 26.1 Å². The van der Waals surface area contributed by atoms with Gasteiger partial charge in [-0.05, 0) is 44.5 Å². The van der Waals surface area contributed by atoms with Crippen molar-refractivity contribution in [3.8, 4) is 0 Å². The highest BCUT2D eigenvalue weighted by Gasteiger charge is 2.12. The molecule has 1 heterocycles. The van der Waals surface area contributed by atoms with Crippen LogP contribution in [0.4, 0.5) is 0 Å². The van der Waals surface area contributed by atoms with E-state index in [1.54, 1.807) is 12.1 Å². The van der Waals surface area contributed by atoms with Crippen molar-refractivity contribution < 1.29 is 14.3 Å². The Kier molecular flexibility index (Phi) is 3.13. The van der Waals surface area contributed by atoms with Gasteiger partial charge in [0, 0.05) is 17.5 Å². The van der Waals surface area contributed by atoms with Crippen molar-refractivity contribution in [1.29, 1.82) is 0 Å². The Morgan fingerprint density at radius 1 is 1.33 bits per heavy atom. The number of carboxylic acid groups (broad SMARTS) is 1. The number of carboxylic acids is 1. The standard InChI is InChI=1S/C14H17NO3/c1-14(2,3)15-8-9-4-5-11-10(6-9)7-12(18-11)13(16)17/h4-7,15H,8H2,1-3H3,(H,16,17). The molecule has 18 heavy (non-hydrogen) atoms. The minimum atomic E-state index is -1.04. The predicted molar refractivity (Wildman–Crippen MR) is 69.8 cm³/mol. The van der Waals surface area contributed by atoms with Crippen LogP contribution in [0.1, 0.15) is 36.9 Å². The van der Waals surface area contributed by atoms with Crippen molar-refractivity contribution in [3.05, 3.63) is 35.6 Å². The van der Waals surface area contributed by atoms with Crippen LogP contribution in [0.25, 0.3) is 11.0 Å². The maximum atomic E-state index is 10.8. The third-order valence-electron chi connectivity index (χ3n) is 2.61. The molecule has 0 amide bonds. The van der Waals surface area contributed by atoms with Gasteiger partial charge in [-0.15, -0.1) is 0 Å². The van der Waals surface area contributed by atoms with Crippen LogP contribution < -0.4 is 5.32 Å². The Morgan fingerprint density at radius 2 is 2.06 bits per heavy atom. The number of hydrogen-bond acceptors (Lipinski definition) is 3. The fraction of sp³-hybridized carbons (Fsp3) is 0.357. The van der Waals surface area contributed by atoms with Crippen LogP contribution in [0.3, 0.4) is 0 Å². The first kappa shape index (κ1) is 12.6. The van der Waals surface area contributed by atoms with E-state index in [9.17, 15) is 4.79 Å². The van der Waals surface area contributed by atoms with Gasteiger partial charge in [0.1, 0.15) is 5.58 Å². The van der Waals surface area contributed by atoms with Crippen molar-refractivity contribution in [2.75, 3.05) is 0 Å². The summed E-state index contributed by atoms with van der Waals surface area (Å²) < 4.78 is 5.21. The molecular weight excluding hydrogens is 230 g/mol. The van der Waals surface area contributed by atoms with Gasteiger partial charge in [0.15, 0.2) is 0 Å². The molecule has 0 atom stereocenters. The number of fused-ring (bicyclic) bond motifs is 1. The largest absolute Gasteiger partial charge is 0.475 e. The number of furan rings is 1. The third-order valence-corrected chi connectivity index (χ3v) is 2.61. The molecule has 1 aromatic heterocycles. The zero-order chi connectivity index (χ0) is 13.3.